The van der Waals surface area contributed by atoms with Crippen LogP contribution in [0, 0.1) is 0 Å². The van der Waals surface area contributed by atoms with Gasteiger partial charge in [0.1, 0.15) is 0 Å². The van der Waals surface area contributed by atoms with Gasteiger partial charge in [0, 0.05) is 18.8 Å². The highest BCUT2D eigenvalue weighted by Gasteiger charge is 2.02. The summed E-state index contributed by atoms with van der Waals surface area (Å²) in [7, 11) is 0. The highest BCUT2D eigenvalue weighted by atomic mass is 16.4. The number of nitrogens with one attached hydrogen (secondary N) is 1. The molecule has 0 saturated heterocycles. The van der Waals surface area contributed by atoms with Gasteiger partial charge >= 0.3 is 5.97 Å². The zero-order chi connectivity index (χ0) is 12.7. The van der Waals surface area contributed by atoms with Crippen molar-refractivity contribution in [2.75, 3.05) is 31.5 Å². The molecule has 0 amide bonds. The Labute approximate surface area is 102 Å². The lowest BCUT2D eigenvalue weighted by atomic mass is 10.2. The molecule has 1 aromatic carbocycles. The van der Waals surface area contributed by atoms with E-state index in [4.69, 9.17) is 5.11 Å². The van der Waals surface area contributed by atoms with Crippen molar-refractivity contribution in [1.29, 1.82) is 0 Å². The minimum absolute atomic E-state index is 0.319. The van der Waals surface area contributed by atoms with Crippen LogP contribution in [0.3, 0.4) is 0 Å². The van der Waals surface area contributed by atoms with Crippen LogP contribution < -0.4 is 5.32 Å². The summed E-state index contributed by atoms with van der Waals surface area (Å²) in [6, 6.07) is 6.82. The van der Waals surface area contributed by atoms with E-state index < -0.39 is 5.97 Å². The van der Waals surface area contributed by atoms with Crippen molar-refractivity contribution in [1.82, 2.24) is 4.90 Å². The van der Waals surface area contributed by atoms with Gasteiger partial charge in [0.2, 0.25) is 0 Å². The zero-order valence-electron chi connectivity index (χ0n) is 10.4. The summed E-state index contributed by atoms with van der Waals surface area (Å²) in [4.78, 5) is 13.0. The Morgan fingerprint density at radius 2 is 1.82 bits per heavy atom. The van der Waals surface area contributed by atoms with Crippen molar-refractivity contribution in [3.05, 3.63) is 29.8 Å². The Morgan fingerprint density at radius 3 is 2.29 bits per heavy atom. The van der Waals surface area contributed by atoms with Crippen molar-refractivity contribution >= 4 is 11.7 Å². The molecule has 0 aliphatic rings. The van der Waals surface area contributed by atoms with Gasteiger partial charge in [-0.2, -0.15) is 0 Å². The molecule has 0 spiro atoms. The van der Waals surface area contributed by atoms with Gasteiger partial charge in [-0.3, -0.25) is 0 Å². The number of carboxylic acid groups (broad SMARTS) is 1. The third-order valence-corrected chi connectivity index (χ3v) is 2.78. The Hall–Kier alpha value is -1.55. The Morgan fingerprint density at radius 1 is 1.24 bits per heavy atom. The Balaban J connectivity index is 2.39. The number of anilines is 1. The highest BCUT2D eigenvalue weighted by molar-refractivity contribution is 5.87. The number of hydrogen-bond donors (Lipinski definition) is 2. The first-order chi connectivity index (χ1) is 8.17. The van der Waals surface area contributed by atoms with Crippen LogP contribution in [0.5, 0.6) is 0 Å². The fourth-order valence-corrected chi connectivity index (χ4v) is 1.63. The molecular formula is C13H20N2O2. The summed E-state index contributed by atoms with van der Waals surface area (Å²) >= 11 is 0. The van der Waals surface area contributed by atoms with Crippen LogP contribution in [0.1, 0.15) is 24.2 Å². The maximum absolute atomic E-state index is 10.7. The summed E-state index contributed by atoms with van der Waals surface area (Å²) in [5.74, 6) is -0.889. The van der Waals surface area contributed by atoms with E-state index in [1.807, 2.05) is 0 Å². The van der Waals surface area contributed by atoms with Gasteiger partial charge in [-0.1, -0.05) is 13.8 Å². The first kappa shape index (κ1) is 13.5. The quantitative estimate of drug-likeness (QED) is 0.761. The van der Waals surface area contributed by atoms with Crippen LogP contribution in [-0.4, -0.2) is 42.2 Å². The monoisotopic (exact) mass is 236 g/mol. The third kappa shape index (κ3) is 4.44. The van der Waals surface area contributed by atoms with Gasteiger partial charge in [-0.25, -0.2) is 4.79 Å². The molecule has 0 unspecified atom stereocenters. The number of carboxylic acids is 1. The van der Waals surface area contributed by atoms with E-state index in [2.05, 4.69) is 24.1 Å². The lowest BCUT2D eigenvalue weighted by Crippen LogP contribution is -2.28. The van der Waals surface area contributed by atoms with E-state index in [1.165, 1.54) is 0 Å². The van der Waals surface area contributed by atoms with Gasteiger partial charge in [0.05, 0.1) is 5.56 Å². The maximum Gasteiger partial charge on any atom is 0.335 e. The molecule has 17 heavy (non-hydrogen) atoms. The molecule has 1 rings (SSSR count). The van der Waals surface area contributed by atoms with E-state index in [-0.39, 0.29) is 0 Å². The number of likely N-dealkylation sites (N-methyl/N-ethyl adjacent to an activating group) is 1. The number of rotatable bonds is 7. The average Bonchev–Trinajstić information content (AvgIpc) is 2.35. The standard InChI is InChI=1S/C13H20N2O2/c1-3-15(4-2)10-9-14-12-7-5-11(6-8-12)13(16)17/h5-8,14H,3-4,9-10H2,1-2H3,(H,16,17). The molecule has 1 aromatic rings. The average molecular weight is 236 g/mol. The van der Waals surface area contributed by atoms with Crippen molar-refractivity contribution in [2.24, 2.45) is 0 Å². The maximum atomic E-state index is 10.7. The molecule has 0 aromatic heterocycles. The predicted octanol–water partition coefficient (Wildman–Crippen LogP) is 2.14. The first-order valence-electron chi connectivity index (χ1n) is 5.97. The Bertz CT molecular complexity index is 345. The fraction of sp³-hybridized carbons (Fsp3) is 0.462. The fourth-order valence-electron chi connectivity index (χ4n) is 1.63. The largest absolute Gasteiger partial charge is 0.478 e. The van der Waals surface area contributed by atoms with E-state index in [9.17, 15) is 4.79 Å². The molecular weight excluding hydrogens is 216 g/mol. The topological polar surface area (TPSA) is 52.6 Å². The van der Waals surface area contributed by atoms with Crippen molar-refractivity contribution in [3.8, 4) is 0 Å². The second-order valence-corrected chi connectivity index (χ2v) is 3.84. The second kappa shape index (κ2) is 6.91. The Kier molecular flexibility index (Phi) is 5.49. The number of hydrogen-bond acceptors (Lipinski definition) is 3. The summed E-state index contributed by atoms with van der Waals surface area (Å²) in [5, 5.41) is 12.0. The van der Waals surface area contributed by atoms with Gasteiger partial charge in [-0.15, -0.1) is 0 Å². The van der Waals surface area contributed by atoms with Crippen LogP contribution in [0.25, 0.3) is 0 Å². The van der Waals surface area contributed by atoms with Crippen molar-refractivity contribution < 1.29 is 9.90 Å². The van der Waals surface area contributed by atoms with Crippen LogP contribution in [-0.2, 0) is 0 Å². The van der Waals surface area contributed by atoms with Crippen molar-refractivity contribution in [3.63, 3.8) is 0 Å². The zero-order valence-corrected chi connectivity index (χ0v) is 10.4. The summed E-state index contributed by atoms with van der Waals surface area (Å²) in [6.07, 6.45) is 0. The van der Waals surface area contributed by atoms with Crippen LogP contribution in [0.15, 0.2) is 24.3 Å². The molecule has 0 heterocycles. The minimum atomic E-state index is -0.889. The lowest BCUT2D eigenvalue weighted by molar-refractivity contribution is 0.0697. The van der Waals surface area contributed by atoms with E-state index in [1.54, 1.807) is 24.3 Å². The molecule has 4 heteroatoms. The van der Waals surface area contributed by atoms with Gasteiger partial charge in [0.25, 0.3) is 0 Å². The molecule has 0 aliphatic heterocycles. The number of nitrogens with zero attached hydrogens (tertiary/aromatic N) is 1. The molecule has 0 radical (unpaired) electrons. The van der Waals surface area contributed by atoms with Gasteiger partial charge < -0.3 is 15.3 Å². The van der Waals surface area contributed by atoms with Crippen LogP contribution in [0.2, 0.25) is 0 Å². The summed E-state index contributed by atoms with van der Waals surface area (Å²) in [6.45, 7) is 8.25. The number of benzene rings is 1. The molecule has 0 atom stereocenters. The summed E-state index contributed by atoms with van der Waals surface area (Å²) in [5.41, 5.74) is 1.28. The lowest BCUT2D eigenvalue weighted by Gasteiger charge is -2.18. The molecule has 0 bridgehead atoms. The van der Waals surface area contributed by atoms with Gasteiger partial charge in [0.15, 0.2) is 0 Å². The molecule has 2 N–H and O–H groups in total. The molecule has 4 nitrogen and oxygen atoms in total. The number of aromatic carboxylic acids is 1. The first-order valence-corrected chi connectivity index (χ1v) is 5.97. The second-order valence-electron chi connectivity index (χ2n) is 3.84. The van der Waals surface area contributed by atoms with Crippen molar-refractivity contribution in [2.45, 2.75) is 13.8 Å². The molecule has 94 valence electrons. The smallest absolute Gasteiger partial charge is 0.335 e. The number of carbonyl (C=O) groups is 1. The van der Waals surface area contributed by atoms with Gasteiger partial charge in [-0.05, 0) is 37.4 Å². The van der Waals surface area contributed by atoms with E-state index in [0.717, 1.165) is 31.9 Å². The third-order valence-electron chi connectivity index (χ3n) is 2.78. The molecule has 0 saturated carbocycles. The van der Waals surface area contributed by atoms with Crippen LogP contribution >= 0.6 is 0 Å². The normalized spacial score (nSPS) is 10.5. The highest BCUT2D eigenvalue weighted by Crippen LogP contribution is 2.09. The van der Waals surface area contributed by atoms with E-state index >= 15 is 0 Å². The SMILES string of the molecule is CCN(CC)CCNc1ccc(C(=O)O)cc1. The molecule has 0 fully saturated rings. The van der Waals surface area contributed by atoms with Crippen LogP contribution in [0.4, 0.5) is 5.69 Å². The minimum Gasteiger partial charge on any atom is -0.478 e. The molecule has 0 aliphatic carbocycles. The predicted molar refractivity (Wildman–Crippen MR) is 69.7 cm³/mol. The summed E-state index contributed by atoms with van der Waals surface area (Å²) < 4.78 is 0. The van der Waals surface area contributed by atoms with E-state index in [0.29, 0.717) is 5.56 Å².